The van der Waals surface area contributed by atoms with E-state index in [4.69, 9.17) is 9.47 Å². The van der Waals surface area contributed by atoms with E-state index in [1.54, 1.807) is 0 Å². The van der Waals surface area contributed by atoms with Crippen LogP contribution in [0.25, 0.3) is 0 Å². The molecule has 0 aromatic carbocycles. The van der Waals surface area contributed by atoms with Gasteiger partial charge in [0.25, 0.3) is 0 Å². The van der Waals surface area contributed by atoms with Crippen molar-refractivity contribution in [3.63, 3.8) is 0 Å². The van der Waals surface area contributed by atoms with Gasteiger partial charge in [0.1, 0.15) is 6.10 Å². The van der Waals surface area contributed by atoms with Crippen LogP contribution in [0.2, 0.25) is 0 Å². The number of carbonyl (C=O) groups excluding carboxylic acids is 3. The Kier molecular flexibility index (Phi) is 4.91. The van der Waals surface area contributed by atoms with E-state index in [1.807, 2.05) is 6.08 Å². The molecule has 4 rings (SSSR count). The fourth-order valence-corrected chi connectivity index (χ4v) is 7.06. The van der Waals surface area contributed by atoms with Crippen molar-refractivity contribution in [2.75, 3.05) is 6.61 Å². The van der Waals surface area contributed by atoms with E-state index in [2.05, 4.69) is 13.8 Å². The minimum absolute atomic E-state index is 0.00904. The summed E-state index contributed by atoms with van der Waals surface area (Å²) >= 11 is 0. The molecule has 0 amide bonds. The molecule has 0 heterocycles. The summed E-state index contributed by atoms with van der Waals surface area (Å²) in [6, 6.07) is 0. The average Bonchev–Trinajstić information content (AvgIpc) is 2.97. The van der Waals surface area contributed by atoms with E-state index < -0.39 is 11.9 Å². The third-order valence-corrected chi connectivity index (χ3v) is 8.54. The lowest BCUT2D eigenvalue weighted by atomic mass is 9.47. The summed E-state index contributed by atoms with van der Waals surface area (Å²) in [5.74, 6) is 1.25. The molecule has 3 saturated carbocycles. The predicted molar refractivity (Wildman–Crippen MR) is 103 cm³/mol. The van der Waals surface area contributed by atoms with Gasteiger partial charge in [-0.3, -0.25) is 9.59 Å². The number of carbonyl (C=O) groups is 3. The van der Waals surface area contributed by atoms with E-state index >= 15 is 0 Å². The highest BCUT2D eigenvalue weighted by Crippen LogP contribution is 2.65. The van der Waals surface area contributed by atoms with Crippen LogP contribution in [0, 0.1) is 28.6 Å². The van der Waals surface area contributed by atoms with Gasteiger partial charge in [0.2, 0.25) is 0 Å². The molecule has 0 N–H and O–H groups in total. The van der Waals surface area contributed by atoms with Gasteiger partial charge in [-0.05, 0) is 74.2 Å². The number of esters is 2. The quantitative estimate of drug-likeness (QED) is 0.684. The third kappa shape index (κ3) is 3.11. The molecule has 154 valence electrons. The van der Waals surface area contributed by atoms with Crippen LogP contribution in [0.3, 0.4) is 0 Å². The van der Waals surface area contributed by atoms with Crippen molar-refractivity contribution in [1.82, 2.24) is 0 Å². The Bertz CT molecular complexity index is 725. The van der Waals surface area contributed by atoms with Crippen molar-refractivity contribution < 1.29 is 23.9 Å². The molecule has 28 heavy (non-hydrogen) atoms. The highest BCUT2D eigenvalue weighted by atomic mass is 16.6. The van der Waals surface area contributed by atoms with E-state index in [9.17, 15) is 14.4 Å². The van der Waals surface area contributed by atoms with Gasteiger partial charge in [-0.2, -0.15) is 0 Å². The summed E-state index contributed by atoms with van der Waals surface area (Å²) < 4.78 is 10.6. The van der Waals surface area contributed by atoms with E-state index in [1.165, 1.54) is 12.5 Å². The monoisotopic (exact) mass is 388 g/mol. The second-order valence-corrected chi connectivity index (χ2v) is 9.85. The number of fused-ring (bicyclic) bond motifs is 5. The van der Waals surface area contributed by atoms with Gasteiger partial charge in [-0.15, -0.1) is 0 Å². The van der Waals surface area contributed by atoms with Crippen LogP contribution in [0.5, 0.6) is 0 Å². The van der Waals surface area contributed by atoms with Crippen LogP contribution < -0.4 is 0 Å². The SMILES string of the molecule is CC(=O)OCC(=O)OC1CCC2C3CCC4=CC(=O)CCC4(C)C3CCC12C. The smallest absolute Gasteiger partial charge is 0.344 e. The molecule has 5 nitrogen and oxygen atoms in total. The Balaban J connectivity index is 1.49. The molecule has 0 aromatic rings. The molecule has 0 aliphatic heterocycles. The summed E-state index contributed by atoms with van der Waals surface area (Å²) in [7, 11) is 0. The summed E-state index contributed by atoms with van der Waals surface area (Å²) in [5, 5.41) is 0. The Hall–Kier alpha value is -1.65. The molecule has 4 aliphatic rings. The van der Waals surface area contributed by atoms with E-state index in [0.717, 1.165) is 44.9 Å². The maximum atomic E-state index is 12.1. The fourth-order valence-electron chi connectivity index (χ4n) is 7.06. The van der Waals surface area contributed by atoms with Gasteiger partial charge < -0.3 is 9.47 Å². The van der Waals surface area contributed by atoms with Crippen molar-refractivity contribution >= 4 is 17.7 Å². The Morgan fingerprint density at radius 2 is 1.86 bits per heavy atom. The average molecular weight is 389 g/mol. The van der Waals surface area contributed by atoms with Crippen LogP contribution >= 0.6 is 0 Å². The topological polar surface area (TPSA) is 69.7 Å². The van der Waals surface area contributed by atoms with Gasteiger partial charge >= 0.3 is 11.9 Å². The molecule has 4 aliphatic carbocycles. The normalized spacial score (nSPS) is 42.0. The van der Waals surface area contributed by atoms with E-state index in [-0.39, 0.29) is 23.5 Å². The number of allylic oxidation sites excluding steroid dienone is 1. The third-order valence-electron chi connectivity index (χ3n) is 8.54. The maximum Gasteiger partial charge on any atom is 0.344 e. The Morgan fingerprint density at radius 3 is 2.61 bits per heavy atom. The fraction of sp³-hybridized carbons (Fsp3) is 0.783. The van der Waals surface area contributed by atoms with Gasteiger partial charge in [-0.1, -0.05) is 19.4 Å². The highest BCUT2D eigenvalue weighted by Gasteiger charge is 2.59. The first kappa shape index (κ1) is 19.7. The molecule has 6 unspecified atom stereocenters. The zero-order chi connectivity index (χ0) is 20.1. The lowest BCUT2D eigenvalue weighted by Crippen LogP contribution is -2.51. The van der Waals surface area contributed by atoms with E-state index in [0.29, 0.717) is 30.0 Å². The lowest BCUT2D eigenvalue weighted by molar-refractivity contribution is -0.169. The van der Waals surface area contributed by atoms with Crippen molar-refractivity contribution in [2.45, 2.75) is 78.2 Å². The van der Waals surface area contributed by atoms with Gasteiger partial charge in [0, 0.05) is 18.8 Å². The first-order valence-electron chi connectivity index (χ1n) is 10.8. The molecule has 5 heteroatoms. The standard InChI is InChI=1S/C23H32O5/c1-14(24)27-13-21(26)28-20-7-6-18-17-5-4-15-12-16(25)8-10-22(15,2)19(17)9-11-23(18,20)3/h12,17-20H,4-11,13H2,1-3H3. The first-order valence-corrected chi connectivity index (χ1v) is 10.8. The Labute approximate surface area is 167 Å². The number of hydrogen-bond acceptors (Lipinski definition) is 5. The number of rotatable bonds is 3. The van der Waals surface area contributed by atoms with Crippen LogP contribution in [0.4, 0.5) is 0 Å². The first-order chi connectivity index (χ1) is 13.2. The minimum Gasteiger partial charge on any atom is -0.459 e. The lowest BCUT2D eigenvalue weighted by Gasteiger charge is -2.57. The van der Waals surface area contributed by atoms with Gasteiger partial charge in [0.05, 0.1) is 0 Å². The molecule has 0 radical (unpaired) electrons. The molecular weight excluding hydrogens is 356 g/mol. The van der Waals surface area contributed by atoms with Crippen molar-refractivity contribution in [1.29, 1.82) is 0 Å². The van der Waals surface area contributed by atoms with Crippen LogP contribution in [0.1, 0.15) is 72.1 Å². The van der Waals surface area contributed by atoms with Crippen LogP contribution in [-0.2, 0) is 23.9 Å². The molecule has 3 fully saturated rings. The number of ketones is 1. The number of ether oxygens (including phenoxy) is 2. The highest BCUT2D eigenvalue weighted by molar-refractivity contribution is 5.91. The van der Waals surface area contributed by atoms with Crippen molar-refractivity contribution in [3.05, 3.63) is 11.6 Å². The molecule has 0 saturated heterocycles. The van der Waals surface area contributed by atoms with Crippen LogP contribution in [-0.4, -0.2) is 30.4 Å². The number of hydrogen-bond donors (Lipinski definition) is 0. The summed E-state index contributed by atoms with van der Waals surface area (Å²) in [6.07, 6.45) is 9.90. The molecule has 0 aromatic heterocycles. The Morgan fingerprint density at radius 1 is 1.07 bits per heavy atom. The molecule has 0 bridgehead atoms. The molecular formula is C23H32O5. The van der Waals surface area contributed by atoms with Crippen LogP contribution in [0.15, 0.2) is 11.6 Å². The molecule has 0 spiro atoms. The largest absolute Gasteiger partial charge is 0.459 e. The van der Waals surface area contributed by atoms with Crippen molar-refractivity contribution in [3.8, 4) is 0 Å². The zero-order valence-electron chi connectivity index (χ0n) is 17.3. The summed E-state index contributed by atoms with van der Waals surface area (Å²) in [5.41, 5.74) is 1.56. The predicted octanol–water partition coefficient (Wildman–Crippen LogP) is 3.99. The second kappa shape index (κ2) is 7.00. The van der Waals surface area contributed by atoms with Crippen molar-refractivity contribution in [2.24, 2.45) is 28.6 Å². The zero-order valence-corrected chi connectivity index (χ0v) is 17.3. The second-order valence-electron chi connectivity index (χ2n) is 9.85. The van der Waals surface area contributed by atoms with Gasteiger partial charge in [0.15, 0.2) is 12.4 Å². The molecule has 6 atom stereocenters. The maximum absolute atomic E-state index is 12.1. The summed E-state index contributed by atoms with van der Waals surface area (Å²) in [6.45, 7) is 5.69. The van der Waals surface area contributed by atoms with Gasteiger partial charge in [-0.25, -0.2) is 4.79 Å². The minimum atomic E-state index is -0.460. The summed E-state index contributed by atoms with van der Waals surface area (Å²) in [4.78, 5) is 35.0.